The van der Waals surface area contributed by atoms with E-state index in [1.807, 2.05) is 13.8 Å². The molecule has 2 aromatic rings. The van der Waals surface area contributed by atoms with E-state index < -0.39 is 0 Å². The van der Waals surface area contributed by atoms with Crippen molar-refractivity contribution in [3.8, 4) is 5.88 Å². The van der Waals surface area contributed by atoms with E-state index in [9.17, 15) is 0 Å². The van der Waals surface area contributed by atoms with E-state index in [0.717, 1.165) is 12.1 Å². The Bertz CT molecular complexity index is 522. The molecule has 1 atom stereocenters. The van der Waals surface area contributed by atoms with Gasteiger partial charge >= 0.3 is 0 Å². The minimum Gasteiger partial charge on any atom is -0.473 e. The van der Waals surface area contributed by atoms with Gasteiger partial charge in [0, 0.05) is 6.54 Å². The molecule has 0 amide bonds. The molecule has 6 nitrogen and oxygen atoms in total. The molecule has 2 rings (SSSR count). The summed E-state index contributed by atoms with van der Waals surface area (Å²) >= 11 is 0. The second kappa shape index (κ2) is 5.20. The van der Waals surface area contributed by atoms with Gasteiger partial charge in [0.1, 0.15) is 11.6 Å². The van der Waals surface area contributed by atoms with Crippen molar-refractivity contribution in [1.29, 1.82) is 0 Å². The number of rotatable bonds is 5. The minimum atomic E-state index is 0.0841. The molecule has 98 valence electrons. The Labute approximate surface area is 106 Å². The molecule has 0 aliphatic rings. The van der Waals surface area contributed by atoms with Crippen LogP contribution in [-0.2, 0) is 0 Å². The van der Waals surface area contributed by atoms with Gasteiger partial charge in [-0.1, -0.05) is 13.8 Å². The molecule has 2 N–H and O–H groups in total. The molecule has 2 aromatic heterocycles. The van der Waals surface area contributed by atoms with Gasteiger partial charge in [0.2, 0.25) is 11.8 Å². The summed E-state index contributed by atoms with van der Waals surface area (Å²) in [5.41, 5.74) is 1.36. The summed E-state index contributed by atoms with van der Waals surface area (Å²) in [6, 6.07) is 0. The highest BCUT2D eigenvalue weighted by atomic mass is 16.5. The first kappa shape index (κ1) is 12.6. The fraction of sp³-hybridized carbons (Fsp3) is 0.583. The van der Waals surface area contributed by atoms with Crippen LogP contribution in [-0.4, -0.2) is 32.6 Å². The average molecular weight is 249 g/mol. The highest BCUT2D eigenvalue weighted by Gasteiger charge is 2.15. The lowest BCUT2D eigenvalue weighted by atomic mass is 10.1. The van der Waals surface area contributed by atoms with Gasteiger partial charge in [0.05, 0.1) is 6.33 Å². The van der Waals surface area contributed by atoms with Crippen LogP contribution in [0.15, 0.2) is 6.33 Å². The molecule has 0 saturated carbocycles. The number of hydrogen-bond donors (Lipinski definition) is 2. The summed E-state index contributed by atoms with van der Waals surface area (Å²) in [6.45, 7) is 9.01. The van der Waals surface area contributed by atoms with E-state index in [1.165, 1.54) is 0 Å². The second-order valence-electron chi connectivity index (χ2n) is 4.55. The average Bonchev–Trinajstić information content (AvgIpc) is 2.77. The highest BCUT2D eigenvalue weighted by molar-refractivity contribution is 5.76. The molecule has 0 fully saturated rings. The van der Waals surface area contributed by atoms with Crippen molar-refractivity contribution in [2.45, 2.75) is 33.8 Å². The maximum Gasteiger partial charge on any atom is 0.245 e. The van der Waals surface area contributed by atoms with Gasteiger partial charge in [-0.15, -0.1) is 0 Å². The highest BCUT2D eigenvalue weighted by Crippen LogP contribution is 2.23. The first-order valence-electron chi connectivity index (χ1n) is 6.23. The SMILES string of the molecule is CCNc1nc(OC(C)C(C)C)c2[nH]cnc2n1. The van der Waals surface area contributed by atoms with Gasteiger partial charge in [0.25, 0.3) is 0 Å². The number of ether oxygens (including phenoxy) is 1. The molecule has 2 heterocycles. The predicted molar refractivity (Wildman–Crippen MR) is 70.8 cm³/mol. The Morgan fingerprint density at radius 1 is 1.33 bits per heavy atom. The summed E-state index contributed by atoms with van der Waals surface area (Å²) in [7, 11) is 0. The summed E-state index contributed by atoms with van der Waals surface area (Å²) in [6.07, 6.45) is 1.68. The number of nitrogens with one attached hydrogen (secondary N) is 2. The van der Waals surface area contributed by atoms with Crippen LogP contribution < -0.4 is 10.1 Å². The Hall–Kier alpha value is -1.85. The Kier molecular flexibility index (Phi) is 3.64. The van der Waals surface area contributed by atoms with Crippen molar-refractivity contribution < 1.29 is 4.74 Å². The number of nitrogens with zero attached hydrogens (tertiary/aromatic N) is 3. The lowest BCUT2D eigenvalue weighted by Crippen LogP contribution is -2.20. The van der Waals surface area contributed by atoms with E-state index in [-0.39, 0.29) is 6.10 Å². The van der Waals surface area contributed by atoms with Crippen LogP contribution >= 0.6 is 0 Å². The molecule has 0 aromatic carbocycles. The van der Waals surface area contributed by atoms with Gasteiger partial charge in [-0.25, -0.2) is 4.98 Å². The lowest BCUT2D eigenvalue weighted by molar-refractivity contribution is 0.165. The third kappa shape index (κ3) is 2.52. The summed E-state index contributed by atoms with van der Waals surface area (Å²) in [4.78, 5) is 15.8. The molecule has 18 heavy (non-hydrogen) atoms. The zero-order valence-corrected chi connectivity index (χ0v) is 11.2. The van der Waals surface area contributed by atoms with Crippen LogP contribution in [0.3, 0.4) is 0 Å². The largest absolute Gasteiger partial charge is 0.473 e. The monoisotopic (exact) mass is 249 g/mol. The first-order valence-corrected chi connectivity index (χ1v) is 6.23. The first-order chi connectivity index (χ1) is 8.61. The molecule has 1 unspecified atom stereocenters. The van der Waals surface area contributed by atoms with Gasteiger partial charge in [-0.2, -0.15) is 9.97 Å². The maximum absolute atomic E-state index is 5.87. The van der Waals surface area contributed by atoms with Crippen molar-refractivity contribution in [2.75, 3.05) is 11.9 Å². The topological polar surface area (TPSA) is 75.7 Å². The van der Waals surface area contributed by atoms with Crippen LogP contribution in [0.4, 0.5) is 5.95 Å². The number of aromatic amines is 1. The van der Waals surface area contributed by atoms with Crippen LogP contribution in [0.25, 0.3) is 11.2 Å². The fourth-order valence-electron chi connectivity index (χ4n) is 1.44. The Morgan fingerprint density at radius 3 is 2.78 bits per heavy atom. The molecule has 0 saturated heterocycles. The molecular formula is C12H19N5O. The molecule has 0 bridgehead atoms. The van der Waals surface area contributed by atoms with Crippen molar-refractivity contribution in [1.82, 2.24) is 19.9 Å². The maximum atomic E-state index is 5.87. The number of aromatic nitrogens is 4. The van der Waals surface area contributed by atoms with Crippen LogP contribution in [0.1, 0.15) is 27.7 Å². The zero-order valence-electron chi connectivity index (χ0n) is 11.2. The van der Waals surface area contributed by atoms with Crippen molar-refractivity contribution in [3.63, 3.8) is 0 Å². The van der Waals surface area contributed by atoms with Crippen molar-refractivity contribution in [3.05, 3.63) is 6.33 Å². The van der Waals surface area contributed by atoms with E-state index in [0.29, 0.717) is 23.4 Å². The standard InChI is InChI=1S/C12H19N5O/c1-5-13-12-16-10-9(14-6-15-10)11(17-12)18-8(4)7(2)3/h6-8H,5H2,1-4H3,(H2,13,14,15,16,17). The summed E-state index contributed by atoms with van der Waals surface area (Å²) in [5, 5.41) is 3.08. The van der Waals surface area contributed by atoms with Gasteiger partial charge in [0.15, 0.2) is 5.65 Å². The van der Waals surface area contributed by atoms with E-state index in [2.05, 4.69) is 39.1 Å². The second-order valence-corrected chi connectivity index (χ2v) is 4.55. The summed E-state index contributed by atoms with van der Waals surface area (Å²) < 4.78 is 5.87. The molecule has 0 aliphatic heterocycles. The predicted octanol–water partition coefficient (Wildman–Crippen LogP) is 2.21. The van der Waals surface area contributed by atoms with Crippen LogP contribution in [0.2, 0.25) is 0 Å². The van der Waals surface area contributed by atoms with E-state index in [1.54, 1.807) is 6.33 Å². The Balaban J connectivity index is 2.37. The van der Waals surface area contributed by atoms with E-state index >= 15 is 0 Å². The number of imidazole rings is 1. The van der Waals surface area contributed by atoms with E-state index in [4.69, 9.17) is 4.74 Å². The quantitative estimate of drug-likeness (QED) is 0.849. The lowest BCUT2D eigenvalue weighted by Gasteiger charge is -2.17. The molecule has 0 radical (unpaired) electrons. The molecular weight excluding hydrogens is 230 g/mol. The van der Waals surface area contributed by atoms with Crippen molar-refractivity contribution in [2.24, 2.45) is 5.92 Å². The van der Waals surface area contributed by atoms with Gasteiger partial charge < -0.3 is 15.0 Å². The number of anilines is 1. The Morgan fingerprint density at radius 2 is 2.11 bits per heavy atom. The van der Waals surface area contributed by atoms with Gasteiger partial charge in [-0.05, 0) is 19.8 Å². The van der Waals surface area contributed by atoms with Crippen LogP contribution in [0, 0.1) is 5.92 Å². The smallest absolute Gasteiger partial charge is 0.245 e. The third-order valence-corrected chi connectivity index (χ3v) is 2.82. The summed E-state index contributed by atoms with van der Waals surface area (Å²) in [5.74, 6) is 1.51. The number of fused-ring (bicyclic) bond motifs is 1. The minimum absolute atomic E-state index is 0.0841. The third-order valence-electron chi connectivity index (χ3n) is 2.82. The molecule has 0 spiro atoms. The normalized spacial score (nSPS) is 12.9. The van der Waals surface area contributed by atoms with Gasteiger partial charge in [-0.3, -0.25) is 0 Å². The molecule has 0 aliphatic carbocycles. The number of hydrogen-bond acceptors (Lipinski definition) is 5. The molecule has 6 heteroatoms. The zero-order chi connectivity index (χ0) is 13.1. The van der Waals surface area contributed by atoms with Crippen LogP contribution in [0.5, 0.6) is 5.88 Å². The number of H-pyrrole nitrogens is 1. The fourth-order valence-corrected chi connectivity index (χ4v) is 1.44. The van der Waals surface area contributed by atoms with Crippen molar-refractivity contribution >= 4 is 17.1 Å².